The van der Waals surface area contributed by atoms with Crippen LogP contribution in [0.5, 0.6) is 0 Å². The number of nitrogens with zero attached hydrogens (tertiary/aromatic N) is 1. The number of H-pyrrole nitrogens is 1. The lowest BCUT2D eigenvalue weighted by Crippen LogP contribution is -2.32. The van der Waals surface area contributed by atoms with Crippen LogP contribution < -0.4 is 5.32 Å². The Morgan fingerprint density at radius 2 is 2.05 bits per heavy atom. The highest BCUT2D eigenvalue weighted by atomic mass is 32.2. The summed E-state index contributed by atoms with van der Waals surface area (Å²) < 4.78 is 22.8. The van der Waals surface area contributed by atoms with Gasteiger partial charge in [0.1, 0.15) is 15.7 Å². The van der Waals surface area contributed by atoms with Crippen molar-refractivity contribution in [1.82, 2.24) is 9.97 Å². The second-order valence-corrected chi connectivity index (χ2v) is 7.43. The van der Waals surface area contributed by atoms with Crippen molar-refractivity contribution in [1.29, 1.82) is 0 Å². The Balaban J connectivity index is 1.75. The number of hydrogen-bond acceptors (Lipinski definition) is 4. The first-order valence-electron chi connectivity index (χ1n) is 6.45. The highest BCUT2D eigenvalue weighted by Gasteiger charge is 2.23. The second-order valence-electron chi connectivity index (χ2n) is 5.12. The van der Waals surface area contributed by atoms with Crippen molar-refractivity contribution in [2.75, 3.05) is 16.8 Å². The van der Waals surface area contributed by atoms with Crippen LogP contribution >= 0.6 is 0 Å². The van der Waals surface area contributed by atoms with Gasteiger partial charge < -0.3 is 10.3 Å². The van der Waals surface area contributed by atoms with Gasteiger partial charge in [0, 0.05) is 11.7 Å². The van der Waals surface area contributed by atoms with Crippen molar-refractivity contribution in [2.45, 2.75) is 25.8 Å². The molecule has 0 radical (unpaired) electrons. The number of nitrogens with one attached hydrogen (secondary N) is 2. The standard InChI is InChI=1S/C13H17N3O2S/c1-9-14-12-3-2-11(8-13(12)15-9)16-10-4-6-19(17,18)7-5-10/h2-3,8,10,16H,4-7H2,1H3,(H,14,15). The highest BCUT2D eigenvalue weighted by molar-refractivity contribution is 7.91. The molecule has 0 aliphatic carbocycles. The number of anilines is 1. The van der Waals surface area contributed by atoms with E-state index < -0.39 is 9.84 Å². The minimum atomic E-state index is -2.80. The monoisotopic (exact) mass is 279 g/mol. The Kier molecular flexibility index (Phi) is 2.97. The number of fused-ring (bicyclic) bond motifs is 1. The molecular formula is C13H17N3O2S. The lowest BCUT2D eigenvalue weighted by Gasteiger charge is -2.24. The van der Waals surface area contributed by atoms with Gasteiger partial charge in [-0.05, 0) is 38.0 Å². The van der Waals surface area contributed by atoms with Crippen molar-refractivity contribution in [3.05, 3.63) is 24.0 Å². The van der Waals surface area contributed by atoms with E-state index in [2.05, 4.69) is 15.3 Å². The lowest BCUT2D eigenvalue weighted by molar-refractivity contribution is 0.559. The molecule has 6 heteroatoms. The van der Waals surface area contributed by atoms with E-state index in [9.17, 15) is 8.42 Å². The molecule has 0 saturated carbocycles. The minimum Gasteiger partial charge on any atom is -0.382 e. The predicted molar refractivity (Wildman–Crippen MR) is 76.1 cm³/mol. The second kappa shape index (κ2) is 4.52. The number of benzene rings is 1. The Labute approximate surface area is 112 Å². The fraction of sp³-hybridized carbons (Fsp3) is 0.462. The third-order valence-electron chi connectivity index (χ3n) is 3.53. The van der Waals surface area contributed by atoms with Crippen LogP contribution in [0.1, 0.15) is 18.7 Å². The summed E-state index contributed by atoms with van der Waals surface area (Å²) in [6, 6.07) is 6.23. The molecule has 1 fully saturated rings. The van der Waals surface area contributed by atoms with Gasteiger partial charge in [0.15, 0.2) is 0 Å². The largest absolute Gasteiger partial charge is 0.382 e. The molecule has 102 valence electrons. The van der Waals surface area contributed by atoms with Crippen molar-refractivity contribution < 1.29 is 8.42 Å². The van der Waals surface area contributed by atoms with Crippen LogP contribution in [0.2, 0.25) is 0 Å². The molecule has 1 aliphatic rings. The molecule has 1 aromatic carbocycles. The molecule has 1 saturated heterocycles. The summed E-state index contributed by atoms with van der Waals surface area (Å²) in [6.07, 6.45) is 1.37. The fourth-order valence-electron chi connectivity index (χ4n) is 2.50. The van der Waals surface area contributed by atoms with Gasteiger partial charge in [-0.1, -0.05) is 0 Å². The van der Waals surface area contributed by atoms with Gasteiger partial charge in [-0.3, -0.25) is 0 Å². The zero-order valence-corrected chi connectivity index (χ0v) is 11.6. The van der Waals surface area contributed by atoms with Crippen molar-refractivity contribution in [2.24, 2.45) is 0 Å². The first-order valence-corrected chi connectivity index (χ1v) is 8.27. The SMILES string of the molecule is Cc1nc2ccc(NC3CCS(=O)(=O)CC3)cc2[nH]1. The van der Waals surface area contributed by atoms with Crippen molar-refractivity contribution in [3.63, 3.8) is 0 Å². The average molecular weight is 279 g/mol. The number of aryl methyl sites for hydroxylation is 1. The Hall–Kier alpha value is -1.56. The summed E-state index contributed by atoms with van der Waals surface area (Å²) in [5, 5.41) is 3.41. The van der Waals surface area contributed by atoms with Gasteiger partial charge in [0.2, 0.25) is 0 Å². The quantitative estimate of drug-likeness (QED) is 0.880. The fourth-order valence-corrected chi connectivity index (χ4v) is 3.99. The Morgan fingerprint density at radius 3 is 2.79 bits per heavy atom. The van der Waals surface area contributed by atoms with Gasteiger partial charge >= 0.3 is 0 Å². The molecule has 2 N–H and O–H groups in total. The van der Waals surface area contributed by atoms with E-state index >= 15 is 0 Å². The first-order chi connectivity index (χ1) is 9.02. The molecule has 5 nitrogen and oxygen atoms in total. The number of hydrogen-bond donors (Lipinski definition) is 2. The van der Waals surface area contributed by atoms with Crippen molar-refractivity contribution >= 4 is 26.6 Å². The zero-order valence-electron chi connectivity index (χ0n) is 10.8. The zero-order chi connectivity index (χ0) is 13.5. The minimum absolute atomic E-state index is 0.241. The molecule has 2 aromatic rings. The summed E-state index contributed by atoms with van der Waals surface area (Å²) in [4.78, 5) is 7.56. The maximum absolute atomic E-state index is 11.4. The normalized spacial score (nSPS) is 19.6. The smallest absolute Gasteiger partial charge is 0.150 e. The molecule has 0 atom stereocenters. The van der Waals surface area contributed by atoms with Crippen LogP contribution in [0.4, 0.5) is 5.69 Å². The van der Waals surface area contributed by atoms with Crippen LogP contribution in [0.25, 0.3) is 11.0 Å². The molecular weight excluding hydrogens is 262 g/mol. The third kappa shape index (κ3) is 2.73. The Bertz CT molecular complexity index is 692. The van der Waals surface area contributed by atoms with E-state index in [0.717, 1.165) is 22.5 Å². The molecule has 2 heterocycles. The van der Waals surface area contributed by atoms with Crippen LogP contribution in [0.3, 0.4) is 0 Å². The van der Waals surface area contributed by atoms with Gasteiger partial charge in [-0.2, -0.15) is 0 Å². The highest BCUT2D eigenvalue weighted by Crippen LogP contribution is 2.21. The van der Waals surface area contributed by atoms with E-state index in [1.807, 2.05) is 25.1 Å². The summed E-state index contributed by atoms with van der Waals surface area (Å²) in [5.74, 6) is 1.47. The molecule has 0 unspecified atom stereocenters. The van der Waals surface area contributed by atoms with Crippen LogP contribution in [-0.4, -0.2) is 35.9 Å². The maximum Gasteiger partial charge on any atom is 0.150 e. The summed E-state index contributed by atoms with van der Waals surface area (Å²) in [5.41, 5.74) is 2.97. The summed E-state index contributed by atoms with van der Waals surface area (Å²) in [7, 11) is -2.80. The average Bonchev–Trinajstić information content (AvgIpc) is 2.71. The van der Waals surface area contributed by atoms with Crippen molar-refractivity contribution in [3.8, 4) is 0 Å². The predicted octanol–water partition coefficient (Wildman–Crippen LogP) is 1.86. The molecule has 0 spiro atoms. The molecule has 19 heavy (non-hydrogen) atoms. The van der Waals surface area contributed by atoms with Crippen LogP contribution in [0.15, 0.2) is 18.2 Å². The summed E-state index contributed by atoms with van der Waals surface area (Å²) >= 11 is 0. The first kappa shape index (κ1) is 12.5. The van der Waals surface area contributed by atoms with E-state index in [4.69, 9.17) is 0 Å². The van der Waals surface area contributed by atoms with Gasteiger partial charge in [-0.25, -0.2) is 13.4 Å². The van der Waals surface area contributed by atoms with E-state index in [0.29, 0.717) is 12.8 Å². The molecule has 1 aromatic heterocycles. The van der Waals surface area contributed by atoms with Gasteiger partial charge in [0.25, 0.3) is 0 Å². The van der Waals surface area contributed by atoms with E-state index in [1.54, 1.807) is 0 Å². The van der Waals surface area contributed by atoms with Crippen LogP contribution in [0, 0.1) is 6.92 Å². The van der Waals surface area contributed by atoms with Gasteiger partial charge in [0.05, 0.1) is 22.5 Å². The van der Waals surface area contributed by atoms with Gasteiger partial charge in [-0.15, -0.1) is 0 Å². The molecule has 3 rings (SSSR count). The Morgan fingerprint density at radius 1 is 1.32 bits per heavy atom. The molecule has 0 amide bonds. The third-order valence-corrected chi connectivity index (χ3v) is 5.24. The van der Waals surface area contributed by atoms with E-state index in [-0.39, 0.29) is 17.5 Å². The topological polar surface area (TPSA) is 74.8 Å². The maximum atomic E-state index is 11.4. The molecule has 0 bridgehead atoms. The lowest BCUT2D eigenvalue weighted by atomic mass is 10.1. The number of sulfone groups is 1. The number of imidazole rings is 1. The molecule has 1 aliphatic heterocycles. The van der Waals surface area contributed by atoms with Crippen LogP contribution in [-0.2, 0) is 9.84 Å². The van der Waals surface area contributed by atoms with E-state index in [1.165, 1.54) is 0 Å². The number of rotatable bonds is 2. The number of aromatic nitrogens is 2. The number of aromatic amines is 1. The summed E-state index contributed by atoms with van der Waals surface area (Å²) in [6.45, 7) is 1.93.